The van der Waals surface area contributed by atoms with E-state index in [0.717, 1.165) is 24.9 Å². The first kappa shape index (κ1) is 14.5. The van der Waals surface area contributed by atoms with Gasteiger partial charge in [0.2, 0.25) is 5.91 Å². The lowest BCUT2D eigenvalue weighted by molar-refractivity contribution is -0.122. The van der Waals surface area contributed by atoms with Crippen LogP contribution in [0.5, 0.6) is 0 Å². The van der Waals surface area contributed by atoms with Crippen LogP contribution < -0.4 is 11.3 Å². The van der Waals surface area contributed by atoms with Crippen LogP contribution in [0.3, 0.4) is 0 Å². The van der Waals surface area contributed by atoms with Crippen molar-refractivity contribution in [2.45, 2.75) is 52.5 Å². The molecule has 0 radical (unpaired) electrons. The van der Waals surface area contributed by atoms with Gasteiger partial charge in [-0.1, -0.05) is 13.8 Å². The zero-order valence-electron chi connectivity index (χ0n) is 11.4. The predicted octanol–water partition coefficient (Wildman–Crippen LogP) is 1.51. The SMILES string of the molecule is CC(C)C1CCCN(C(C)CC(=O)NN)CC1. The molecule has 2 atom stereocenters. The maximum Gasteiger partial charge on any atom is 0.235 e. The van der Waals surface area contributed by atoms with Gasteiger partial charge in [0, 0.05) is 12.5 Å². The number of carbonyl (C=O) groups is 1. The first-order valence-electron chi connectivity index (χ1n) is 6.78. The molecule has 0 aliphatic carbocycles. The minimum atomic E-state index is -0.0674. The molecule has 1 rings (SSSR count). The average Bonchev–Trinajstić information content (AvgIpc) is 2.54. The Morgan fingerprint density at radius 3 is 2.65 bits per heavy atom. The molecule has 1 aliphatic rings. The van der Waals surface area contributed by atoms with Gasteiger partial charge in [-0.25, -0.2) is 5.84 Å². The van der Waals surface area contributed by atoms with Crippen LogP contribution in [-0.4, -0.2) is 29.9 Å². The Kier molecular flexibility index (Phi) is 5.92. The van der Waals surface area contributed by atoms with Gasteiger partial charge in [0.05, 0.1) is 0 Å². The highest BCUT2D eigenvalue weighted by Gasteiger charge is 2.23. The third kappa shape index (κ3) is 4.64. The Labute approximate surface area is 105 Å². The van der Waals surface area contributed by atoms with E-state index >= 15 is 0 Å². The molecule has 2 unspecified atom stereocenters. The summed E-state index contributed by atoms with van der Waals surface area (Å²) in [7, 11) is 0. The summed E-state index contributed by atoms with van der Waals surface area (Å²) in [5.74, 6) is 6.68. The second-order valence-corrected chi connectivity index (χ2v) is 5.59. The van der Waals surface area contributed by atoms with Crippen molar-refractivity contribution in [2.24, 2.45) is 17.7 Å². The molecule has 0 aromatic carbocycles. The fraction of sp³-hybridized carbons (Fsp3) is 0.923. The summed E-state index contributed by atoms with van der Waals surface area (Å²) in [6, 6.07) is 0.296. The second-order valence-electron chi connectivity index (χ2n) is 5.59. The van der Waals surface area contributed by atoms with E-state index in [0.29, 0.717) is 12.5 Å². The molecular formula is C13H27N3O. The number of hydrogen-bond acceptors (Lipinski definition) is 3. The number of likely N-dealkylation sites (tertiary alicyclic amines) is 1. The molecule has 1 saturated heterocycles. The van der Waals surface area contributed by atoms with Gasteiger partial charge in [-0.2, -0.15) is 0 Å². The van der Waals surface area contributed by atoms with Crippen LogP contribution in [0.1, 0.15) is 46.5 Å². The highest BCUT2D eigenvalue weighted by Crippen LogP contribution is 2.25. The Morgan fingerprint density at radius 1 is 1.35 bits per heavy atom. The van der Waals surface area contributed by atoms with E-state index in [9.17, 15) is 4.79 Å². The summed E-state index contributed by atoms with van der Waals surface area (Å²) in [6.45, 7) is 8.96. The van der Waals surface area contributed by atoms with E-state index in [-0.39, 0.29) is 5.91 Å². The summed E-state index contributed by atoms with van der Waals surface area (Å²) in [5.41, 5.74) is 2.21. The van der Waals surface area contributed by atoms with Crippen molar-refractivity contribution in [3.05, 3.63) is 0 Å². The maximum atomic E-state index is 11.3. The highest BCUT2D eigenvalue weighted by atomic mass is 16.2. The molecule has 3 N–H and O–H groups in total. The average molecular weight is 241 g/mol. The Balaban J connectivity index is 2.42. The number of nitrogens with two attached hydrogens (primary N) is 1. The number of hydrogen-bond donors (Lipinski definition) is 2. The van der Waals surface area contributed by atoms with Gasteiger partial charge in [-0.15, -0.1) is 0 Å². The maximum absolute atomic E-state index is 11.3. The zero-order valence-corrected chi connectivity index (χ0v) is 11.4. The van der Waals surface area contributed by atoms with Crippen LogP contribution in [0.2, 0.25) is 0 Å². The number of hydrazine groups is 1. The van der Waals surface area contributed by atoms with Crippen molar-refractivity contribution in [1.82, 2.24) is 10.3 Å². The minimum absolute atomic E-state index is 0.0674. The lowest BCUT2D eigenvalue weighted by Crippen LogP contribution is -2.40. The normalized spacial score (nSPS) is 24.4. The van der Waals surface area contributed by atoms with E-state index in [1.165, 1.54) is 19.3 Å². The van der Waals surface area contributed by atoms with Crippen LogP contribution >= 0.6 is 0 Å². The van der Waals surface area contributed by atoms with Crippen molar-refractivity contribution >= 4 is 5.91 Å². The molecule has 4 heteroatoms. The molecule has 0 spiro atoms. The molecule has 0 saturated carbocycles. The van der Waals surface area contributed by atoms with E-state index < -0.39 is 0 Å². The zero-order chi connectivity index (χ0) is 12.8. The summed E-state index contributed by atoms with van der Waals surface area (Å²) >= 11 is 0. The Morgan fingerprint density at radius 2 is 2.06 bits per heavy atom. The second kappa shape index (κ2) is 6.97. The molecule has 0 aromatic rings. The third-order valence-corrected chi connectivity index (χ3v) is 4.02. The molecule has 0 bridgehead atoms. The largest absolute Gasteiger partial charge is 0.300 e. The smallest absolute Gasteiger partial charge is 0.235 e. The predicted molar refractivity (Wildman–Crippen MR) is 70.2 cm³/mol. The topological polar surface area (TPSA) is 58.4 Å². The van der Waals surface area contributed by atoms with Gasteiger partial charge in [0.1, 0.15) is 0 Å². The van der Waals surface area contributed by atoms with E-state index in [1.54, 1.807) is 0 Å². The molecule has 100 valence electrons. The molecule has 1 amide bonds. The standard InChI is InChI=1S/C13H27N3O/c1-10(2)12-5-4-7-16(8-6-12)11(3)9-13(17)15-14/h10-12H,4-9,14H2,1-3H3,(H,15,17). The van der Waals surface area contributed by atoms with E-state index in [1.807, 2.05) is 0 Å². The van der Waals surface area contributed by atoms with Crippen LogP contribution in [0.15, 0.2) is 0 Å². The van der Waals surface area contributed by atoms with Crippen molar-refractivity contribution in [3.63, 3.8) is 0 Å². The van der Waals surface area contributed by atoms with Crippen molar-refractivity contribution in [3.8, 4) is 0 Å². The number of rotatable bonds is 4. The number of amides is 1. The highest BCUT2D eigenvalue weighted by molar-refractivity contribution is 5.75. The monoisotopic (exact) mass is 241 g/mol. The van der Waals surface area contributed by atoms with Crippen LogP contribution in [0, 0.1) is 11.8 Å². The first-order valence-corrected chi connectivity index (χ1v) is 6.78. The number of nitrogens with one attached hydrogen (secondary N) is 1. The molecule has 1 fully saturated rings. The number of carbonyl (C=O) groups excluding carboxylic acids is 1. The quantitative estimate of drug-likeness (QED) is 0.445. The van der Waals surface area contributed by atoms with Crippen molar-refractivity contribution < 1.29 is 4.79 Å². The van der Waals surface area contributed by atoms with Gasteiger partial charge in [-0.3, -0.25) is 10.2 Å². The van der Waals surface area contributed by atoms with Crippen molar-refractivity contribution in [2.75, 3.05) is 13.1 Å². The Hall–Kier alpha value is -0.610. The minimum Gasteiger partial charge on any atom is -0.300 e. The summed E-state index contributed by atoms with van der Waals surface area (Å²) in [6.07, 6.45) is 4.33. The Bertz CT molecular complexity index is 243. The summed E-state index contributed by atoms with van der Waals surface area (Å²) in [4.78, 5) is 13.7. The summed E-state index contributed by atoms with van der Waals surface area (Å²) < 4.78 is 0. The van der Waals surface area contributed by atoms with Gasteiger partial charge in [0.25, 0.3) is 0 Å². The van der Waals surface area contributed by atoms with Crippen molar-refractivity contribution in [1.29, 1.82) is 0 Å². The van der Waals surface area contributed by atoms with E-state index in [4.69, 9.17) is 5.84 Å². The fourth-order valence-corrected chi connectivity index (χ4v) is 2.71. The molecule has 4 nitrogen and oxygen atoms in total. The first-order chi connectivity index (χ1) is 8.04. The molecule has 1 heterocycles. The van der Waals surface area contributed by atoms with E-state index in [2.05, 4.69) is 31.1 Å². The summed E-state index contributed by atoms with van der Waals surface area (Å²) in [5, 5.41) is 0. The van der Waals surface area contributed by atoms with Crippen LogP contribution in [0.4, 0.5) is 0 Å². The molecule has 0 aromatic heterocycles. The lowest BCUT2D eigenvalue weighted by atomic mass is 9.89. The van der Waals surface area contributed by atoms with Gasteiger partial charge in [0.15, 0.2) is 0 Å². The van der Waals surface area contributed by atoms with Gasteiger partial charge >= 0.3 is 0 Å². The molecule has 17 heavy (non-hydrogen) atoms. The van der Waals surface area contributed by atoms with Gasteiger partial charge < -0.3 is 4.90 Å². The van der Waals surface area contributed by atoms with Crippen LogP contribution in [0.25, 0.3) is 0 Å². The third-order valence-electron chi connectivity index (χ3n) is 4.02. The van der Waals surface area contributed by atoms with Crippen LogP contribution in [-0.2, 0) is 4.79 Å². The number of nitrogens with zero attached hydrogens (tertiary/aromatic N) is 1. The lowest BCUT2D eigenvalue weighted by Gasteiger charge is -2.27. The fourth-order valence-electron chi connectivity index (χ4n) is 2.71. The molecule has 1 aliphatic heterocycles. The van der Waals surface area contributed by atoms with Gasteiger partial charge in [-0.05, 0) is 51.1 Å². The molecular weight excluding hydrogens is 214 g/mol.